The van der Waals surface area contributed by atoms with Gasteiger partial charge < -0.3 is 10.3 Å². The van der Waals surface area contributed by atoms with Crippen molar-refractivity contribution >= 4 is 0 Å². The van der Waals surface area contributed by atoms with Gasteiger partial charge in [0.15, 0.2) is 5.82 Å². The zero-order valence-corrected chi connectivity index (χ0v) is 8.34. The van der Waals surface area contributed by atoms with E-state index in [2.05, 4.69) is 25.3 Å². The lowest BCUT2D eigenvalue weighted by molar-refractivity contribution is 0.367. The summed E-state index contributed by atoms with van der Waals surface area (Å²) in [6.07, 6.45) is 2.85. The first-order valence-electron chi connectivity index (χ1n) is 4.73. The Bertz CT molecular complexity index is 408. The van der Waals surface area contributed by atoms with Gasteiger partial charge in [-0.2, -0.15) is 10.1 Å². The highest BCUT2D eigenvalue weighted by Gasteiger charge is 2.12. The number of hydrogen-bond donors (Lipinski definition) is 2. The van der Waals surface area contributed by atoms with Crippen LogP contribution in [0.2, 0.25) is 0 Å². The third-order valence-corrected chi connectivity index (χ3v) is 2.06. The first-order chi connectivity index (χ1) is 7.29. The highest BCUT2D eigenvalue weighted by Crippen LogP contribution is 2.10. The van der Waals surface area contributed by atoms with Crippen LogP contribution < -0.4 is 5.73 Å². The molecule has 0 aliphatic rings. The monoisotopic (exact) mass is 208 g/mol. The Balaban J connectivity index is 2.11. The van der Waals surface area contributed by atoms with Gasteiger partial charge in [-0.3, -0.25) is 5.10 Å². The summed E-state index contributed by atoms with van der Waals surface area (Å²) in [6, 6.07) is 0.0491. The third-order valence-electron chi connectivity index (χ3n) is 2.06. The molecule has 2 heterocycles. The van der Waals surface area contributed by atoms with Gasteiger partial charge in [0.1, 0.15) is 6.33 Å². The van der Waals surface area contributed by atoms with E-state index in [1.54, 1.807) is 0 Å². The van der Waals surface area contributed by atoms with E-state index < -0.39 is 0 Å². The average molecular weight is 208 g/mol. The minimum Gasteiger partial charge on any atom is -0.339 e. The third kappa shape index (κ3) is 2.18. The van der Waals surface area contributed by atoms with Crippen molar-refractivity contribution < 1.29 is 4.52 Å². The zero-order valence-electron chi connectivity index (χ0n) is 8.34. The van der Waals surface area contributed by atoms with E-state index in [0.717, 1.165) is 6.42 Å². The van der Waals surface area contributed by atoms with Crippen molar-refractivity contribution in [3.8, 4) is 11.6 Å². The van der Waals surface area contributed by atoms with E-state index in [-0.39, 0.29) is 6.04 Å². The summed E-state index contributed by atoms with van der Waals surface area (Å²) in [4.78, 5) is 8.07. The van der Waals surface area contributed by atoms with E-state index in [0.29, 0.717) is 24.0 Å². The molecule has 15 heavy (non-hydrogen) atoms. The molecule has 0 amide bonds. The average Bonchev–Trinajstić information content (AvgIpc) is 2.85. The number of nitrogens with two attached hydrogens (primary N) is 1. The lowest BCUT2D eigenvalue weighted by atomic mass is 10.2. The van der Waals surface area contributed by atoms with E-state index in [1.807, 2.05) is 6.92 Å². The molecule has 7 heteroatoms. The van der Waals surface area contributed by atoms with Crippen LogP contribution in [-0.2, 0) is 6.42 Å². The minimum atomic E-state index is 0.0491. The summed E-state index contributed by atoms with van der Waals surface area (Å²) in [5, 5.41) is 10.1. The van der Waals surface area contributed by atoms with Crippen molar-refractivity contribution in [2.75, 3.05) is 0 Å². The molecule has 1 unspecified atom stereocenters. The van der Waals surface area contributed by atoms with Crippen molar-refractivity contribution in [1.29, 1.82) is 0 Å². The Hall–Kier alpha value is -1.76. The molecule has 7 nitrogen and oxygen atoms in total. The van der Waals surface area contributed by atoms with Gasteiger partial charge in [-0.05, 0) is 6.42 Å². The summed E-state index contributed by atoms with van der Waals surface area (Å²) in [6.45, 7) is 2.01. The molecule has 0 saturated carbocycles. The first-order valence-corrected chi connectivity index (χ1v) is 4.73. The van der Waals surface area contributed by atoms with Gasteiger partial charge in [0, 0.05) is 12.5 Å². The lowest BCUT2D eigenvalue weighted by Gasteiger charge is -2.02. The second-order valence-electron chi connectivity index (χ2n) is 3.22. The number of H-pyrrole nitrogens is 1. The lowest BCUT2D eigenvalue weighted by Crippen LogP contribution is -2.21. The predicted octanol–water partition coefficient (Wildman–Crippen LogP) is 0.134. The topological polar surface area (TPSA) is 107 Å². The summed E-state index contributed by atoms with van der Waals surface area (Å²) < 4.78 is 5.03. The smallest absolute Gasteiger partial charge is 0.239 e. The maximum absolute atomic E-state index is 5.77. The van der Waals surface area contributed by atoms with Gasteiger partial charge in [-0.15, -0.1) is 0 Å². The quantitative estimate of drug-likeness (QED) is 0.739. The van der Waals surface area contributed by atoms with Crippen LogP contribution in [0.4, 0.5) is 0 Å². The Kier molecular flexibility index (Phi) is 2.72. The van der Waals surface area contributed by atoms with Crippen LogP contribution in [0.5, 0.6) is 0 Å². The molecule has 3 N–H and O–H groups in total. The van der Waals surface area contributed by atoms with Crippen molar-refractivity contribution in [3.05, 3.63) is 12.2 Å². The number of nitrogens with zero attached hydrogens (tertiary/aromatic N) is 4. The van der Waals surface area contributed by atoms with Crippen LogP contribution in [0.1, 0.15) is 19.2 Å². The maximum atomic E-state index is 5.77. The Morgan fingerprint density at radius 2 is 2.47 bits per heavy atom. The molecule has 80 valence electrons. The van der Waals surface area contributed by atoms with Crippen LogP contribution >= 0.6 is 0 Å². The molecule has 0 saturated heterocycles. The molecule has 0 spiro atoms. The summed E-state index contributed by atoms with van der Waals surface area (Å²) in [7, 11) is 0. The summed E-state index contributed by atoms with van der Waals surface area (Å²) >= 11 is 0. The SMILES string of the molecule is CCC(N)Cc1nc(-c2ncn[nH]2)no1. The molecular formula is C8H12N6O. The largest absolute Gasteiger partial charge is 0.339 e. The van der Waals surface area contributed by atoms with Gasteiger partial charge in [-0.1, -0.05) is 12.1 Å². The van der Waals surface area contributed by atoms with Gasteiger partial charge in [0.2, 0.25) is 11.7 Å². The highest BCUT2D eigenvalue weighted by molar-refractivity contribution is 5.39. The Morgan fingerprint density at radius 3 is 3.13 bits per heavy atom. The molecule has 0 fully saturated rings. The zero-order chi connectivity index (χ0) is 10.7. The first kappa shape index (κ1) is 9.78. The van der Waals surface area contributed by atoms with Crippen molar-refractivity contribution in [2.45, 2.75) is 25.8 Å². The second kappa shape index (κ2) is 4.18. The fourth-order valence-electron chi connectivity index (χ4n) is 1.12. The number of aromatic amines is 1. The highest BCUT2D eigenvalue weighted by atomic mass is 16.5. The molecule has 2 aromatic heterocycles. The molecule has 1 atom stereocenters. The normalized spacial score (nSPS) is 12.9. The van der Waals surface area contributed by atoms with Gasteiger partial charge in [0.25, 0.3) is 0 Å². The molecule has 0 radical (unpaired) electrons. The molecule has 0 aliphatic carbocycles. The van der Waals surface area contributed by atoms with Crippen LogP contribution in [-0.4, -0.2) is 31.4 Å². The standard InChI is InChI=1S/C8H12N6O/c1-2-5(9)3-6-12-8(14-15-6)7-10-4-11-13-7/h4-5H,2-3,9H2,1H3,(H,10,11,13). The van der Waals surface area contributed by atoms with E-state index in [9.17, 15) is 0 Å². The summed E-state index contributed by atoms with van der Waals surface area (Å²) in [5.74, 6) is 1.43. The van der Waals surface area contributed by atoms with Crippen LogP contribution in [0.25, 0.3) is 11.6 Å². The van der Waals surface area contributed by atoms with E-state index >= 15 is 0 Å². The van der Waals surface area contributed by atoms with Gasteiger partial charge >= 0.3 is 0 Å². The van der Waals surface area contributed by atoms with Crippen molar-refractivity contribution in [1.82, 2.24) is 25.3 Å². The predicted molar refractivity (Wildman–Crippen MR) is 51.6 cm³/mol. The van der Waals surface area contributed by atoms with Gasteiger partial charge in [0.05, 0.1) is 0 Å². The molecular weight excluding hydrogens is 196 g/mol. The van der Waals surface area contributed by atoms with Crippen molar-refractivity contribution in [2.24, 2.45) is 5.73 Å². The number of nitrogens with one attached hydrogen (secondary N) is 1. The molecule has 0 bridgehead atoms. The Morgan fingerprint density at radius 1 is 1.60 bits per heavy atom. The Labute approximate surface area is 86.1 Å². The van der Waals surface area contributed by atoms with Crippen LogP contribution in [0.3, 0.4) is 0 Å². The minimum absolute atomic E-state index is 0.0491. The number of aromatic nitrogens is 5. The number of rotatable bonds is 4. The molecule has 2 aromatic rings. The molecule has 0 aliphatic heterocycles. The second-order valence-corrected chi connectivity index (χ2v) is 3.22. The van der Waals surface area contributed by atoms with E-state index in [4.69, 9.17) is 10.3 Å². The fourth-order valence-corrected chi connectivity index (χ4v) is 1.12. The fraction of sp³-hybridized carbons (Fsp3) is 0.500. The van der Waals surface area contributed by atoms with Gasteiger partial charge in [-0.25, -0.2) is 4.98 Å². The van der Waals surface area contributed by atoms with Crippen LogP contribution in [0.15, 0.2) is 10.9 Å². The number of hydrogen-bond acceptors (Lipinski definition) is 6. The van der Waals surface area contributed by atoms with Crippen molar-refractivity contribution in [3.63, 3.8) is 0 Å². The van der Waals surface area contributed by atoms with Crippen LogP contribution in [0, 0.1) is 0 Å². The maximum Gasteiger partial charge on any atom is 0.239 e. The molecule has 0 aromatic carbocycles. The van der Waals surface area contributed by atoms with E-state index in [1.165, 1.54) is 6.33 Å². The summed E-state index contributed by atoms with van der Waals surface area (Å²) in [5.41, 5.74) is 5.77. The molecule has 2 rings (SSSR count).